The summed E-state index contributed by atoms with van der Waals surface area (Å²) >= 11 is 1.70. The van der Waals surface area contributed by atoms with E-state index < -0.39 is 11.7 Å². The highest BCUT2D eigenvalue weighted by atomic mass is 32.1. The van der Waals surface area contributed by atoms with Crippen LogP contribution in [0.4, 0.5) is 13.2 Å². The molecule has 1 aromatic heterocycles. The maximum Gasteiger partial charge on any atom is 0.416 e. The number of thiophene rings is 1. The first kappa shape index (κ1) is 26.1. The monoisotopic (exact) mass is 548 g/mol. The minimum absolute atomic E-state index is 0.0931. The molecule has 39 heavy (non-hydrogen) atoms. The molecule has 0 saturated carbocycles. The Balaban J connectivity index is 1.14. The zero-order valence-electron chi connectivity index (χ0n) is 21.6. The van der Waals surface area contributed by atoms with Gasteiger partial charge in [-0.3, -0.25) is 4.79 Å². The van der Waals surface area contributed by atoms with Crippen LogP contribution in [0.5, 0.6) is 0 Å². The van der Waals surface area contributed by atoms with Gasteiger partial charge in [0.05, 0.1) is 5.56 Å². The Morgan fingerprint density at radius 3 is 2.33 bits per heavy atom. The Morgan fingerprint density at radius 1 is 0.872 bits per heavy atom. The third-order valence-corrected chi connectivity index (χ3v) is 9.21. The number of piperidine rings is 1. The van der Waals surface area contributed by atoms with Crippen molar-refractivity contribution in [2.45, 2.75) is 30.9 Å². The fourth-order valence-corrected chi connectivity index (χ4v) is 7.12. The minimum atomic E-state index is -4.30. The zero-order chi connectivity index (χ0) is 27.0. The van der Waals surface area contributed by atoms with Gasteiger partial charge in [0.2, 0.25) is 0 Å². The van der Waals surface area contributed by atoms with Gasteiger partial charge in [0.1, 0.15) is 0 Å². The highest BCUT2D eigenvalue weighted by Crippen LogP contribution is 2.38. The molecule has 2 fully saturated rings. The van der Waals surface area contributed by atoms with Crippen LogP contribution in [-0.4, -0.2) is 48.4 Å². The van der Waals surface area contributed by atoms with E-state index in [1.807, 2.05) is 47.4 Å². The molecular weight excluding hydrogens is 517 g/mol. The molecule has 0 radical (unpaired) electrons. The lowest BCUT2D eigenvalue weighted by atomic mass is 9.87. The summed E-state index contributed by atoms with van der Waals surface area (Å²) in [5.41, 5.74) is 2.46. The summed E-state index contributed by atoms with van der Waals surface area (Å²) in [5.74, 6) is 1.00. The highest BCUT2D eigenvalue weighted by molar-refractivity contribution is 7.08. The van der Waals surface area contributed by atoms with Crippen molar-refractivity contribution in [3.05, 3.63) is 106 Å². The third-order valence-electron chi connectivity index (χ3n) is 8.51. The second kappa shape index (κ2) is 10.8. The molecule has 7 heteroatoms. The first-order valence-electron chi connectivity index (χ1n) is 13.6. The van der Waals surface area contributed by atoms with Gasteiger partial charge in [-0.1, -0.05) is 48.5 Å². The van der Waals surface area contributed by atoms with Crippen molar-refractivity contribution in [3.8, 4) is 0 Å². The van der Waals surface area contributed by atoms with Gasteiger partial charge in [-0.25, -0.2) is 0 Å². The van der Waals surface area contributed by atoms with E-state index in [1.54, 1.807) is 23.5 Å². The van der Waals surface area contributed by atoms with Crippen molar-refractivity contribution in [2.75, 3.05) is 32.7 Å². The molecule has 202 valence electrons. The van der Waals surface area contributed by atoms with E-state index in [9.17, 15) is 18.0 Å². The van der Waals surface area contributed by atoms with Crippen LogP contribution in [0.3, 0.4) is 0 Å². The van der Waals surface area contributed by atoms with E-state index in [-0.39, 0.29) is 11.8 Å². The normalized spacial score (nSPS) is 21.1. The number of halogens is 3. The summed E-state index contributed by atoms with van der Waals surface area (Å²) < 4.78 is 38.9. The van der Waals surface area contributed by atoms with E-state index in [0.29, 0.717) is 18.4 Å². The first-order chi connectivity index (χ1) is 18.9. The number of fused-ring (bicyclic) bond motifs is 1. The third kappa shape index (κ3) is 5.48. The molecule has 1 amide bonds. The molecule has 2 unspecified atom stereocenters. The van der Waals surface area contributed by atoms with E-state index >= 15 is 0 Å². The molecule has 3 aromatic carbocycles. The lowest BCUT2D eigenvalue weighted by Gasteiger charge is -2.34. The SMILES string of the molecule is O=C(c1cccc2ccccc12)N1CC(CN2CCC(c3ccc(C(F)(F)F)cc3)CC2)C(c2ccsc2)C1. The van der Waals surface area contributed by atoms with Crippen LogP contribution in [0.2, 0.25) is 0 Å². The molecule has 0 aliphatic carbocycles. The summed E-state index contributed by atoms with van der Waals surface area (Å²) in [4.78, 5) is 18.3. The maximum absolute atomic E-state index is 13.7. The molecule has 6 rings (SSSR count). The fraction of sp³-hybridized carbons (Fsp3) is 0.344. The molecule has 4 aromatic rings. The first-order valence-corrected chi connectivity index (χ1v) is 14.5. The molecule has 3 heterocycles. The molecule has 0 N–H and O–H groups in total. The minimum Gasteiger partial charge on any atom is -0.338 e. The molecule has 2 saturated heterocycles. The largest absolute Gasteiger partial charge is 0.416 e. The lowest BCUT2D eigenvalue weighted by molar-refractivity contribution is -0.137. The predicted molar refractivity (Wildman–Crippen MR) is 150 cm³/mol. The molecular formula is C32H31F3N2OS. The number of alkyl halides is 3. The molecule has 3 nitrogen and oxygen atoms in total. The fourth-order valence-electron chi connectivity index (χ4n) is 6.39. The van der Waals surface area contributed by atoms with Crippen LogP contribution in [0.15, 0.2) is 83.6 Å². The van der Waals surface area contributed by atoms with Gasteiger partial charge in [-0.05, 0) is 94.7 Å². The van der Waals surface area contributed by atoms with Crippen LogP contribution in [0.25, 0.3) is 10.8 Å². The van der Waals surface area contributed by atoms with Crippen molar-refractivity contribution in [2.24, 2.45) is 5.92 Å². The average molecular weight is 549 g/mol. The summed E-state index contributed by atoms with van der Waals surface area (Å²) in [6.07, 6.45) is -2.44. The van der Waals surface area contributed by atoms with Crippen LogP contribution in [0, 0.1) is 5.92 Å². The molecule has 2 aliphatic rings. The van der Waals surface area contributed by atoms with E-state index in [1.165, 1.54) is 17.7 Å². The van der Waals surface area contributed by atoms with Gasteiger partial charge < -0.3 is 9.80 Å². The number of nitrogens with zero attached hydrogens (tertiary/aromatic N) is 2. The summed E-state index contributed by atoms with van der Waals surface area (Å²) in [6.45, 7) is 4.18. The van der Waals surface area contributed by atoms with Gasteiger partial charge in [0.25, 0.3) is 5.91 Å². The number of hydrogen-bond acceptors (Lipinski definition) is 3. The average Bonchev–Trinajstić information content (AvgIpc) is 3.63. The van der Waals surface area contributed by atoms with Crippen LogP contribution in [-0.2, 0) is 6.18 Å². The van der Waals surface area contributed by atoms with Crippen molar-refractivity contribution < 1.29 is 18.0 Å². The molecule has 2 atom stereocenters. The van der Waals surface area contributed by atoms with Crippen molar-refractivity contribution >= 4 is 28.0 Å². The van der Waals surface area contributed by atoms with E-state index in [0.717, 1.165) is 60.9 Å². The van der Waals surface area contributed by atoms with Gasteiger partial charge in [0, 0.05) is 31.1 Å². The highest BCUT2D eigenvalue weighted by Gasteiger charge is 2.38. The molecule has 2 aliphatic heterocycles. The van der Waals surface area contributed by atoms with E-state index in [4.69, 9.17) is 0 Å². The number of benzene rings is 3. The van der Waals surface area contributed by atoms with E-state index in [2.05, 4.69) is 21.7 Å². The van der Waals surface area contributed by atoms with Crippen LogP contribution < -0.4 is 0 Å². The maximum atomic E-state index is 13.7. The van der Waals surface area contributed by atoms with Crippen LogP contribution >= 0.6 is 11.3 Å². The predicted octanol–water partition coefficient (Wildman–Crippen LogP) is 7.66. The molecule has 0 bridgehead atoms. The topological polar surface area (TPSA) is 23.6 Å². The Labute approximate surface area is 230 Å². The number of hydrogen-bond donors (Lipinski definition) is 0. The van der Waals surface area contributed by atoms with Gasteiger partial charge in [-0.15, -0.1) is 0 Å². The Hall–Kier alpha value is -3.16. The second-order valence-corrected chi connectivity index (χ2v) is 11.6. The van der Waals surface area contributed by atoms with Crippen LogP contribution in [0.1, 0.15) is 51.7 Å². The lowest BCUT2D eigenvalue weighted by Crippen LogP contribution is -2.38. The number of likely N-dealkylation sites (tertiary alicyclic amines) is 2. The van der Waals surface area contributed by atoms with Gasteiger partial charge in [0.15, 0.2) is 0 Å². The zero-order valence-corrected chi connectivity index (χ0v) is 22.4. The molecule has 0 spiro atoms. The summed E-state index contributed by atoms with van der Waals surface area (Å²) in [7, 11) is 0. The van der Waals surface area contributed by atoms with Crippen molar-refractivity contribution in [1.29, 1.82) is 0 Å². The van der Waals surface area contributed by atoms with Crippen molar-refractivity contribution in [1.82, 2.24) is 9.80 Å². The summed E-state index contributed by atoms with van der Waals surface area (Å²) in [5, 5.41) is 6.38. The second-order valence-electron chi connectivity index (χ2n) is 10.9. The van der Waals surface area contributed by atoms with Crippen molar-refractivity contribution in [3.63, 3.8) is 0 Å². The number of carbonyl (C=O) groups is 1. The quantitative estimate of drug-likeness (QED) is 0.256. The Kier molecular flexibility index (Phi) is 7.21. The summed E-state index contributed by atoms with van der Waals surface area (Å²) in [6, 6.07) is 21.8. The Bertz CT molecular complexity index is 1420. The smallest absolute Gasteiger partial charge is 0.338 e. The number of amides is 1. The van der Waals surface area contributed by atoms with Gasteiger partial charge in [-0.2, -0.15) is 24.5 Å². The number of rotatable bonds is 5. The number of carbonyl (C=O) groups excluding carboxylic acids is 1. The standard InChI is InChI=1S/C32H31F3N2OS/c33-32(34,35)27-10-8-22(9-11-27)23-12-15-36(16-13-23)18-26-19-37(20-30(26)25-14-17-39-21-25)31(38)29-7-3-5-24-4-1-2-6-28(24)29/h1-11,14,17,21,23,26,30H,12-13,15-16,18-20H2. The van der Waals surface area contributed by atoms with Gasteiger partial charge >= 0.3 is 6.18 Å². The Morgan fingerprint density at radius 2 is 1.62 bits per heavy atom.